The molecule has 0 atom stereocenters. The Morgan fingerprint density at radius 3 is 2.64 bits per heavy atom. The molecule has 0 amide bonds. The maximum atomic E-state index is 13.9. The number of aromatic nitrogens is 2. The maximum absolute atomic E-state index is 13.9. The summed E-state index contributed by atoms with van der Waals surface area (Å²) in [5, 5.41) is 1.64. The van der Waals surface area contributed by atoms with Gasteiger partial charge in [0.15, 0.2) is 5.16 Å². The highest BCUT2D eigenvalue weighted by Crippen LogP contribution is 2.35. The van der Waals surface area contributed by atoms with Crippen LogP contribution in [0, 0.1) is 6.92 Å². The second kappa shape index (κ2) is 9.84. The van der Waals surface area contributed by atoms with Gasteiger partial charge in [-0.05, 0) is 43.0 Å². The van der Waals surface area contributed by atoms with Gasteiger partial charge in [0.25, 0.3) is 5.56 Å². The van der Waals surface area contributed by atoms with Crippen molar-refractivity contribution in [2.75, 3.05) is 12.3 Å². The Bertz CT molecular complexity index is 1310. The molecule has 0 radical (unpaired) electrons. The van der Waals surface area contributed by atoms with E-state index in [4.69, 9.17) is 4.98 Å². The molecule has 0 saturated heterocycles. The van der Waals surface area contributed by atoms with Crippen LogP contribution in [0.15, 0.2) is 64.5 Å². The molecule has 2 aromatic heterocycles. The van der Waals surface area contributed by atoms with Crippen molar-refractivity contribution in [1.29, 1.82) is 0 Å². The summed E-state index contributed by atoms with van der Waals surface area (Å²) in [6.07, 6.45) is 3.14. The first-order valence-corrected chi connectivity index (χ1v) is 13.5. The topological polar surface area (TPSA) is 38.1 Å². The van der Waals surface area contributed by atoms with Gasteiger partial charge in [0.2, 0.25) is 0 Å². The van der Waals surface area contributed by atoms with Gasteiger partial charge in [0.1, 0.15) is 4.83 Å². The Morgan fingerprint density at radius 2 is 1.88 bits per heavy atom. The molecule has 1 aliphatic rings. The maximum Gasteiger partial charge on any atom is 0.267 e. The Balaban J connectivity index is 1.55. The van der Waals surface area contributed by atoms with Crippen molar-refractivity contribution >= 4 is 33.3 Å². The summed E-state index contributed by atoms with van der Waals surface area (Å²) in [5.74, 6) is 0.969. The van der Waals surface area contributed by atoms with E-state index in [-0.39, 0.29) is 5.56 Å². The lowest BCUT2D eigenvalue weighted by molar-refractivity contribution is 0.249. The minimum Gasteiger partial charge on any atom is -0.294 e. The average Bonchev–Trinajstić information content (AvgIpc) is 3.19. The highest BCUT2D eigenvalue weighted by Gasteiger charge is 2.25. The largest absolute Gasteiger partial charge is 0.294 e. The molecule has 0 aliphatic carbocycles. The number of thioether (sulfide) groups is 1. The molecule has 3 heterocycles. The predicted molar refractivity (Wildman–Crippen MR) is 140 cm³/mol. The van der Waals surface area contributed by atoms with Crippen LogP contribution in [0.5, 0.6) is 0 Å². The van der Waals surface area contributed by atoms with Gasteiger partial charge >= 0.3 is 0 Å². The number of fused-ring (bicyclic) bond motifs is 3. The standard InChI is InChI=1S/C27H29N3OS2/c1-3-4-16-32-27-28-25-24(26(31)30(27)21-12-10-19(2)11-13-21)22-14-15-29(18-23(22)33-25)17-20-8-6-5-7-9-20/h5-13H,3-4,14-18H2,1-2H3. The average molecular weight is 476 g/mol. The Labute approximate surface area is 203 Å². The Kier molecular flexibility index (Phi) is 6.67. The Hall–Kier alpha value is -2.41. The molecule has 5 rings (SSSR count). The molecule has 170 valence electrons. The summed E-state index contributed by atoms with van der Waals surface area (Å²) in [7, 11) is 0. The molecular weight excluding hydrogens is 446 g/mol. The van der Waals surface area contributed by atoms with E-state index < -0.39 is 0 Å². The van der Waals surface area contributed by atoms with Crippen molar-refractivity contribution in [3.8, 4) is 5.69 Å². The molecule has 4 aromatic rings. The van der Waals surface area contributed by atoms with E-state index in [0.717, 1.165) is 65.7 Å². The minimum atomic E-state index is 0.0804. The highest BCUT2D eigenvalue weighted by molar-refractivity contribution is 7.99. The molecule has 0 saturated carbocycles. The first-order chi connectivity index (χ1) is 16.1. The molecule has 0 fully saturated rings. The van der Waals surface area contributed by atoms with Gasteiger partial charge in [-0.2, -0.15) is 0 Å². The fourth-order valence-electron chi connectivity index (χ4n) is 4.38. The third-order valence-corrected chi connectivity index (χ3v) is 8.33. The summed E-state index contributed by atoms with van der Waals surface area (Å²) in [4.78, 5) is 23.6. The van der Waals surface area contributed by atoms with Crippen LogP contribution >= 0.6 is 23.1 Å². The number of thiophene rings is 1. The molecule has 0 bridgehead atoms. The van der Waals surface area contributed by atoms with Crippen molar-refractivity contribution < 1.29 is 0 Å². The third kappa shape index (κ3) is 4.65. The van der Waals surface area contributed by atoms with Crippen LogP contribution in [0.4, 0.5) is 0 Å². The van der Waals surface area contributed by atoms with E-state index in [9.17, 15) is 4.79 Å². The molecule has 0 N–H and O–H groups in total. The van der Waals surface area contributed by atoms with Gasteiger partial charge in [-0.25, -0.2) is 4.98 Å². The zero-order chi connectivity index (χ0) is 22.8. The number of hydrogen-bond donors (Lipinski definition) is 0. The van der Waals surface area contributed by atoms with Gasteiger partial charge in [-0.15, -0.1) is 11.3 Å². The zero-order valence-corrected chi connectivity index (χ0v) is 20.8. The minimum absolute atomic E-state index is 0.0804. The van der Waals surface area contributed by atoms with Crippen LogP contribution in [-0.2, 0) is 19.5 Å². The third-order valence-electron chi connectivity index (χ3n) is 6.19. The second-order valence-electron chi connectivity index (χ2n) is 8.70. The molecule has 6 heteroatoms. The van der Waals surface area contributed by atoms with Crippen LogP contribution in [0.3, 0.4) is 0 Å². The van der Waals surface area contributed by atoms with E-state index in [0.29, 0.717) is 0 Å². The Morgan fingerprint density at radius 1 is 1.09 bits per heavy atom. The summed E-state index contributed by atoms with van der Waals surface area (Å²) in [6, 6.07) is 18.8. The van der Waals surface area contributed by atoms with Crippen LogP contribution < -0.4 is 5.56 Å². The molecule has 4 nitrogen and oxygen atoms in total. The molecular formula is C27H29N3OS2. The smallest absolute Gasteiger partial charge is 0.267 e. The SMILES string of the molecule is CCCCSc1nc2sc3c(c2c(=O)n1-c1ccc(C)cc1)CCN(Cc1ccccc1)C3. The molecule has 0 unspecified atom stereocenters. The lowest BCUT2D eigenvalue weighted by Crippen LogP contribution is -2.30. The number of aryl methyl sites for hydroxylation is 1. The first-order valence-electron chi connectivity index (χ1n) is 11.7. The summed E-state index contributed by atoms with van der Waals surface area (Å²) in [6.45, 7) is 7.05. The van der Waals surface area contributed by atoms with Crippen LogP contribution in [0.25, 0.3) is 15.9 Å². The quantitative estimate of drug-likeness (QED) is 0.181. The van der Waals surface area contributed by atoms with Gasteiger partial charge in [-0.1, -0.05) is 73.1 Å². The first kappa shape index (κ1) is 22.4. The highest BCUT2D eigenvalue weighted by atomic mass is 32.2. The van der Waals surface area contributed by atoms with Gasteiger partial charge in [0, 0.05) is 30.3 Å². The number of hydrogen-bond acceptors (Lipinski definition) is 5. The van der Waals surface area contributed by atoms with Gasteiger partial charge in [0.05, 0.1) is 11.1 Å². The second-order valence-corrected chi connectivity index (χ2v) is 10.8. The zero-order valence-electron chi connectivity index (χ0n) is 19.2. The van der Waals surface area contributed by atoms with E-state index in [1.807, 2.05) is 16.7 Å². The van der Waals surface area contributed by atoms with Crippen molar-refractivity contribution in [3.63, 3.8) is 0 Å². The molecule has 1 aliphatic heterocycles. The van der Waals surface area contributed by atoms with E-state index in [1.165, 1.54) is 21.6 Å². The number of rotatable bonds is 7. The number of nitrogens with zero attached hydrogens (tertiary/aromatic N) is 3. The fraction of sp³-hybridized carbons (Fsp3) is 0.333. The molecule has 0 spiro atoms. The molecule has 33 heavy (non-hydrogen) atoms. The summed E-state index contributed by atoms with van der Waals surface area (Å²) < 4.78 is 1.84. The van der Waals surface area contributed by atoms with Crippen molar-refractivity contribution in [1.82, 2.24) is 14.5 Å². The monoisotopic (exact) mass is 475 g/mol. The van der Waals surface area contributed by atoms with Crippen molar-refractivity contribution in [2.45, 2.75) is 51.4 Å². The van der Waals surface area contributed by atoms with Gasteiger partial charge < -0.3 is 0 Å². The van der Waals surface area contributed by atoms with E-state index in [2.05, 4.69) is 61.2 Å². The normalized spacial score (nSPS) is 14.0. The van der Waals surface area contributed by atoms with Crippen LogP contribution in [0.1, 0.15) is 41.3 Å². The number of benzene rings is 2. The predicted octanol–water partition coefficient (Wildman–Crippen LogP) is 6.21. The van der Waals surface area contributed by atoms with Crippen LogP contribution in [-0.4, -0.2) is 26.7 Å². The lowest BCUT2D eigenvalue weighted by atomic mass is 10.0. The van der Waals surface area contributed by atoms with Gasteiger partial charge in [-0.3, -0.25) is 14.3 Å². The summed E-state index contributed by atoms with van der Waals surface area (Å²) in [5.41, 5.74) is 4.71. The van der Waals surface area contributed by atoms with Crippen LogP contribution in [0.2, 0.25) is 0 Å². The number of unbranched alkanes of at least 4 members (excludes halogenated alkanes) is 1. The van der Waals surface area contributed by atoms with E-state index in [1.54, 1.807) is 23.1 Å². The van der Waals surface area contributed by atoms with Crippen molar-refractivity contribution in [3.05, 3.63) is 86.5 Å². The lowest BCUT2D eigenvalue weighted by Gasteiger charge is -2.26. The van der Waals surface area contributed by atoms with Crippen molar-refractivity contribution in [2.24, 2.45) is 0 Å². The fourth-order valence-corrected chi connectivity index (χ4v) is 6.78. The molecule has 2 aromatic carbocycles. The summed E-state index contributed by atoms with van der Waals surface area (Å²) >= 11 is 3.40. The van der Waals surface area contributed by atoms with E-state index >= 15 is 0 Å².